The van der Waals surface area contributed by atoms with Gasteiger partial charge < -0.3 is 11.1 Å². The fraction of sp³-hybridized carbons (Fsp3) is 0.545. The third-order valence-corrected chi connectivity index (χ3v) is 3.18. The summed E-state index contributed by atoms with van der Waals surface area (Å²) in [6, 6.07) is 1.81. The number of pyridine rings is 1. The number of nitrogens with two attached hydrogens (primary N) is 1. The van der Waals surface area contributed by atoms with Crippen molar-refractivity contribution in [2.45, 2.75) is 26.3 Å². The molecule has 0 atom stereocenters. The molecule has 1 heterocycles. The summed E-state index contributed by atoms with van der Waals surface area (Å²) >= 11 is 0. The smallest absolute Gasteiger partial charge is 0.209 e. The maximum absolute atomic E-state index is 11.2. The van der Waals surface area contributed by atoms with Gasteiger partial charge in [-0.1, -0.05) is 0 Å². The summed E-state index contributed by atoms with van der Waals surface area (Å²) in [5, 5.41) is 3.11. The van der Waals surface area contributed by atoms with Gasteiger partial charge in [0.1, 0.15) is 5.82 Å². The highest BCUT2D eigenvalue weighted by Crippen LogP contribution is 2.15. The second-order valence-corrected chi connectivity index (χ2v) is 6.79. The van der Waals surface area contributed by atoms with Gasteiger partial charge in [0.15, 0.2) is 0 Å². The molecule has 0 aliphatic rings. The highest BCUT2D eigenvalue weighted by molar-refractivity contribution is 7.88. The van der Waals surface area contributed by atoms with Crippen molar-refractivity contribution in [3.8, 4) is 0 Å². The number of hydrogen-bond donors (Lipinski definition) is 3. The van der Waals surface area contributed by atoms with Crippen molar-refractivity contribution in [1.82, 2.24) is 9.71 Å². The lowest BCUT2D eigenvalue weighted by molar-refractivity contribution is 0.476. The van der Waals surface area contributed by atoms with Gasteiger partial charge in [-0.3, -0.25) is 0 Å². The largest absolute Gasteiger partial charge is 0.397 e. The fourth-order valence-corrected chi connectivity index (χ4v) is 2.70. The second-order valence-electron chi connectivity index (χ2n) is 5.05. The number of sulfonamides is 1. The van der Waals surface area contributed by atoms with Gasteiger partial charge in [0.25, 0.3) is 0 Å². The number of nitrogens with one attached hydrogen (secondary N) is 2. The minimum atomic E-state index is -3.23. The average molecular weight is 272 g/mol. The summed E-state index contributed by atoms with van der Waals surface area (Å²) in [4.78, 5) is 4.16. The predicted octanol–water partition coefficient (Wildman–Crippen LogP) is 0.712. The molecular formula is C11H20N4O2S. The lowest BCUT2D eigenvalue weighted by atomic mass is 10.1. The van der Waals surface area contributed by atoms with Crippen molar-refractivity contribution in [3.63, 3.8) is 0 Å². The van der Waals surface area contributed by atoms with Crippen LogP contribution in [0.4, 0.5) is 11.5 Å². The van der Waals surface area contributed by atoms with E-state index < -0.39 is 15.6 Å². The first-order valence-corrected chi connectivity index (χ1v) is 7.43. The molecule has 0 saturated carbocycles. The van der Waals surface area contributed by atoms with E-state index in [9.17, 15) is 8.42 Å². The van der Waals surface area contributed by atoms with Crippen LogP contribution in [-0.4, -0.2) is 31.7 Å². The van der Waals surface area contributed by atoms with E-state index in [0.29, 0.717) is 18.1 Å². The summed E-state index contributed by atoms with van der Waals surface area (Å²) in [6.07, 6.45) is 2.70. The molecule has 0 aliphatic carbocycles. The van der Waals surface area contributed by atoms with Crippen molar-refractivity contribution < 1.29 is 8.42 Å². The first kappa shape index (κ1) is 14.7. The van der Waals surface area contributed by atoms with Crippen molar-refractivity contribution in [3.05, 3.63) is 17.8 Å². The van der Waals surface area contributed by atoms with Gasteiger partial charge in [0.05, 0.1) is 18.1 Å². The number of aryl methyl sites for hydroxylation is 1. The molecule has 1 aromatic heterocycles. The van der Waals surface area contributed by atoms with Crippen molar-refractivity contribution >= 4 is 21.5 Å². The summed E-state index contributed by atoms with van der Waals surface area (Å²) in [6.45, 7) is 5.92. The Morgan fingerprint density at radius 2 is 2.06 bits per heavy atom. The molecule has 0 bridgehead atoms. The maximum atomic E-state index is 11.2. The molecule has 6 nitrogen and oxygen atoms in total. The minimum absolute atomic E-state index is 0.428. The Labute approximate surface area is 108 Å². The average Bonchev–Trinajstić information content (AvgIpc) is 2.12. The van der Waals surface area contributed by atoms with Gasteiger partial charge in [0.2, 0.25) is 10.0 Å². The van der Waals surface area contributed by atoms with Crippen LogP contribution in [-0.2, 0) is 10.0 Å². The first-order valence-electron chi connectivity index (χ1n) is 5.54. The SMILES string of the molecule is Cc1cc(N)cnc1NCC(C)(C)NS(C)(=O)=O. The lowest BCUT2D eigenvalue weighted by Crippen LogP contribution is -2.47. The van der Waals surface area contributed by atoms with Crippen LogP contribution in [0.1, 0.15) is 19.4 Å². The van der Waals surface area contributed by atoms with Gasteiger partial charge in [-0.15, -0.1) is 0 Å². The molecule has 0 aliphatic heterocycles. The number of aromatic nitrogens is 1. The van der Waals surface area contributed by atoms with Crippen molar-refractivity contribution in [2.24, 2.45) is 0 Å². The Kier molecular flexibility index (Phi) is 4.18. The molecule has 0 saturated heterocycles. The zero-order chi connectivity index (χ0) is 14.0. The quantitative estimate of drug-likeness (QED) is 0.733. The molecule has 18 heavy (non-hydrogen) atoms. The summed E-state index contributed by atoms with van der Waals surface area (Å²) in [5.41, 5.74) is 6.54. The van der Waals surface area contributed by atoms with E-state index in [0.717, 1.165) is 11.8 Å². The Morgan fingerprint density at radius 1 is 1.44 bits per heavy atom. The standard InChI is InChI=1S/C11H20N4O2S/c1-8-5-9(12)6-13-10(8)14-7-11(2,3)15-18(4,16)17/h5-6,15H,7,12H2,1-4H3,(H,13,14). The van der Waals surface area contributed by atoms with E-state index in [1.807, 2.05) is 13.0 Å². The Morgan fingerprint density at radius 3 is 2.56 bits per heavy atom. The van der Waals surface area contributed by atoms with E-state index >= 15 is 0 Å². The van der Waals surface area contributed by atoms with Crippen LogP contribution in [0, 0.1) is 6.92 Å². The zero-order valence-corrected chi connectivity index (χ0v) is 11.9. The van der Waals surface area contributed by atoms with Gasteiger partial charge in [0, 0.05) is 12.1 Å². The minimum Gasteiger partial charge on any atom is -0.397 e. The molecule has 0 spiro atoms. The van der Waals surface area contributed by atoms with Crippen LogP contribution in [0.3, 0.4) is 0 Å². The zero-order valence-electron chi connectivity index (χ0n) is 11.1. The lowest BCUT2D eigenvalue weighted by Gasteiger charge is -2.25. The maximum Gasteiger partial charge on any atom is 0.209 e. The molecule has 1 aromatic rings. The fourth-order valence-electron chi connectivity index (χ4n) is 1.62. The van der Waals surface area contributed by atoms with E-state index in [-0.39, 0.29) is 0 Å². The summed E-state index contributed by atoms with van der Waals surface area (Å²) < 4.78 is 25.0. The monoisotopic (exact) mass is 272 g/mol. The molecule has 102 valence electrons. The first-order chi connectivity index (χ1) is 8.09. The number of nitrogens with zero attached hydrogens (tertiary/aromatic N) is 1. The van der Waals surface area contributed by atoms with Crippen LogP contribution in [0.5, 0.6) is 0 Å². The summed E-state index contributed by atoms with van der Waals surface area (Å²) in [5.74, 6) is 0.701. The third-order valence-electron chi connectivity index (χ3n) is 2.26. The Hall–Kier alpha value is -1.34. The molecule has 0 radical (unpaired) electrons. The van der Waals surface area contributed by atoms with E-state index in [1.165, 1.54) is 0 Å². The van der Waals surface area contributed by atoms with Gasteiger partial charge in [-0.05, 0) is 32.4 Å². The highest BCUT2D eigenvalue weighted by atomic mass is 32.2. The van der Waals surface area contributed by atoms with E-state index in [1.54, 1.807) is 20.0 Å². The van der Waals surface area contributed by atoms with Gasteiger partial charge >= 0.3 is 0 Å². The van der Waals surface area contributed by atoms with E-state index in [2.05, 4.69) is 15.0 Å². The molecule has 0 aromatic carbocycles. The molecule has 0 unspecified atom stereocenters. The normalized spacial score (nSPS) is 12.4. The highest BCUT2D eigenvalue weighted by Gasteiger charge is 2.22. The molecule has 0 fully saturated rings. The Bertz CT molecular complexity index is 526. The van der Waals surface area contributed by atoms with Gasteiger partial charge in [-0.2, -0.15) is 0 Å². The van der Waals surface area contributed by atoms with E-state index in [4.69, 9.17) is 5.73 Å². The number of nitrogen functional groups attached to an aromatic ring is 1. The number of anilines is 2. The number of rotatable bonds is 5. The van der Waals surface area contributed by atoms with Crippen LogP contribution in [0.15, 0.2) is 12.3 Å². The second kappa shape index (κ2) is 5.11. The third kappa shape index (κ3) is 4.89. The van der Waals surface area contributed by atoms with Crippen LogP contribution in [0.25, 0.3) is 0 Å². The van der Waals surface area contributed by atoms with Crippen LogP contribution in [0.2, 0.25) is 0 Å². The van der Waals surface area contributed by atoms with Crippen molar-refractivity contribution in [1.29, 1.82) is 0 Å². The molecule has 0 amide bonds. The molecule has 4 N–H and O–H groups in total. The molecule has 7 heteroatoms. The number of hydrogen-bond acceptors (Lipinski definition) is 5. The topological polar surface area (TPSA) is 97.1 Å². The van der Waals surface area contributed by atoms with Crippen LogP contribution >= 0.6 is 0 Å². The van der Waals surface area contributed by atoms with Crippen LogP contribution < -0.4 is 15.8 Å². The summed E-state index contributed by atoms with van der Waals surface area (Å²) in [7, 11) is -3.23. The predicted molar refractivity (Wildman–Crippen MR) is 73.9 cm³/mol. The molecule has 1 rings (SSSR count). The molecular weight excluding hydrogens is 252 g/mol. The van der Waals surface area contributed by atoms with Gasteiger partial charge in [-0.25, -0.2) is 18.1 Å². The van der Waals surface area contributed by atoms with Crippen molar-refractivity contribution in [2.75, 3.05) is 23.9 Å². The Balaban J connectivity index is 2.70.